The highest BCUT2D eigenvalue weighted by Crippen LogP contribution is 2.24. The molecular weight excluding hydrogens is 434 g/mol. The minimum atomic E-state index is -3.73. The summed E-state index contributed by atoms with van der Waals surface area (Å²) in [5, 5.41) is 6.54. The fraction of sp³-hybridized carbons (Fsp3) is 0.476. The minimum Gasteiger partial charge on any atom is -0.360 e. The van der Waals surface area contributed by atoms with E-state index in [2.05, 4.69) is 10.5 Å². The number of carbonyl (C=O) groups is 2. The Morgan fingerprint density at radius 1 is 0.938 bits per heavy atom. The highest BCUT2D eigenvalue weighted by atomic mass is 32.2. The van der Waals surface area contributed by atoms with Gasteiger partial charge >= 0.3 is 6.03 Å². The number of anilines is 1. The maximum atomic E-state index is 12.9. The topological polar surface area (TPSA) is 116 Å². The van der Waals surface area contributed by atoms with Crippen molar-refractivity contribution in [3.63, 3.8) is 0 Å². The zero-order valence-corrected chi connectivity index (χ0v) is 19.0. The third-order valence-corrected chi connectivity index (χ3v) is 8.01. The number of nitrogens with one attached hydrogen (secondary N) is 1. The van der Waals surface area contributed by atoms with Gasteiger partial charge in [0.1, 0.15) is 10.6 Å². The van der Waals surface area contributed by atoms with E-state index in [4.69, 9.17) is 4.52 Å². The minimum absolute atomic E-state index is 0.0102. The number of carbonyl (C=O) groups excluding carboxylic acids is 2. The third kappa shape index (κ3) is 4.35. The molecule has 3 amide bonds. The summed E-state index contributed by atoms with van der Waals surface area (Å²) < 4.78 is 32.2. The van der Waals surface area contributed by atoms with Gasteiger partial charge in [-0.3, -0.25) is 4.79 Å². The van der Waals surface area contributed by atoms with Crippen molar-refractivity contribution in [2.45, 2.75) is 31.6 Å². The second-order valence-electron chi connectivity index (χ2n) is 8.05. The highest BCUT2D eigenvalue weighted by Gasteiger charge is 2.34. The van der Waals surface area contributed by atoms with Gasteiger partial charge in [-0.05, 0) is 51.0 Å². The van der Waals surface area contributed by atoms with Gasteiger partial charge in [0.15, 0.2) is 5.76 Å². The van der Waals surface area contributed by atoms with E-state index in [1.807, 2.05) is 4.90 Å². The Labute approximate surface area is 187 Å². The number of amides is 3. The van der Waals surface area contributed by atoms with Gasteiger partial charge in [-0.1, -0.05) is 5.16 Å². The van der Waals surface area contributed by atoms with Crippen LogP contribution in [0.15, 0.2) is 33.7 Å². The zero-order valence-electron chi connectivity index (χ0n) is 18.2. The average molecular weight is 462 g/mol. The van der Waals surface area contributed by atoms with Crippen molar-refractivity contribution in [1.82, 2.24) is 19.3 Å². The number of aromatic nitrogens is 1. The van der Waals surface area contributed by atoms with Crippen molar-refractivity contribution < 1.29 is 22.5 Å². The van der Waals surface area contributed by atoms with Gasteiger partial charge in [0, 0.05) is 50.5 Å². The molecule has 2 saturated heterocycles. The fourth-order valence-electron chi connectivity index (χ4n) is 4.10. The number of urea groups is 1. The van der Waals surface area contributed by atoms with Crippen molar-refractivity contribution in [3.8, 4) is 0 Å². The Morgan fingerprint density at radius 2 is 1.56 bits per heavy atom. The molecule has 11 heteroatoms. The molecule has 172 valence electrons. The van der Waals surface area contributed by atoms with Gasteiger partial charge in [-0.15, -0.1) is 0 Å². The van der Waals surface area contributed by atoms with Crippen LogP contribution in [0.2, 0.25) is 0 Å². The van der Waals surface area contributed by atoms with Crippen LogP contribution in [0.1, 0.15) is 34.7 Å². The maximum absolute atomic E-state index is 12.9. The lowest BCUT2D eigenvalue weighted by Gasteiger charge is -2.33. The van der Waals surface area contributed by atoms with Gasteiger partial charge in [0.2, 0.25) is 10.0 Å². The summed E-state index contributed by atoms with van der Waals surface area (Å²) in [7, 11) is -3.73. The molecule has 0 aliphatic carbocycles. The molecule has 1 aromatic heterocycles. The van der Waals surface area contributed by atoms with Crippen LogP contribution in [0.5, 0.6) is 0 Å². The van der Waals surface area contributed by atoms with Crippen molar-refractivity contribution in [2.24, 2.45) is 0 Å². The van der Waals surface area contributed by atoms with Gasteiger partial charge < -0.3 is 19.6 Å². The van der Waals surface area contributed by atoms with Gasteiger partial charge in [-0.2, -0.15) is 4.31 Å². The summed E-state index contributed by atoms with van der Waals surface area (Å²) in [4.78, 5) is 28.6. The van der Waals surface area contributed by atoms with E-state index in [0.29, 0.717) is 16.9 Å². The van der Waals surface area contributed by atoms with E-state index in [9.17, 15) is 18.0 Å². The number of hydrogen-bond donors (Lipinski definition) is 1. The molecule has 32 heavy (non-hydrogen) atoms. The van der Waals surface area contributed by atoms with Crippen LogP contribution < -0.4 is 5.32 Å². The van der Waals surface area contributed by atoms with Crippen LogP contribution in [-0.2, 0) is 10.0 Å². The van der Waals surface area contributed by atoms with E-state index >= 15 is 0 Å². The van der Waals surface area contributed by atoms with Crippen molar-refractivity contribution in [2.75, 3.05) is 44.6 Å². The molecule has 2 aromatic rings. The molecule has 0 spiro atoms. The first-order valence-electron chi connectivity index (χ1n) is 10.7. The summed E-state index contributed by atoms with van der Waals surface area (Å²) >= 11 is 0. The Bertz CT molecular complexity index is 1080. The van der Waals surface area contributed by atoms with Crippen LogP contribution in [0, 0.1) is 13.8 Å². The van der Waals surface area contributed by atoms with Crippen LogP contribution in [0.3, 0.4) is 0 Å². The first-order valence-corrected chi connectivity index (χ1v) is 12.1. The number of likely N-dealkylation sites (tertiary alicyclic amines) is 1. The van der Waals surface area contributed by atoms with E-state index in [0.717, 1.165) is 25.9 Å². The molecule has 4 rings (SSSR count). The third-order valence-electron chi connectivity index (χ3n) is 5.87. The second kappa shape index (κ2) is 8.91. The molecule has 3 heterocycles. The molecule has 2 aliphatic rings. The molecular formula is C21H27N5O5S. The molecule has 1 aromatic carbocycles. The SMILES string of the molecule is Cc1noc(C)c1S(=O)(=O)N1CCN(C(=O)Nc2ccc(C(=O)N3CCCC3)cc2)CC1. The van der Waals surface area contributed by atoms with Gasteiger partial charge in [0.25, 0.3) is 5.91 Å². The molecule has 0 atom stereocenters. The number of sulfonamides is 1. The second-order valence-corrected chi connectivity index (χ2v) is 9.93. The van der Waals surface area contributed by atoms with E-state index < -0.39 is 10.0 Å². The first kappa shape index (κ1) is 22.3. The summed E-state index contributed by atoms with van der Waals surface area (Å²) in [6.07, 6.45) is 2.07. The Hall–Kier alpha value is -2.92. The number of nitrogens with zero attached hydrogens (tertiary/aromatic N) is 4. The molecule has 0 unspecified atom stereocenters. The summed E-state index contributed by atoms with van der Waals surface area (Å²) in [5.74, 6) is 0.269. The highest BCUT2D eigenvalue weighted by molar-refractivity contribution is 7.89. The summed E-state index contributed by atoms with van der Waals surface area (Å²) in [6, 6.07) is 6.53. The molecule has 1 N–H and O–H groups in total. The zero-order chi connectivity index (χ0) is 22.9. The smallest absolute Gasteiger partial charge is 0.321 e. The number of benzene rings is 1. The lowest BCUT2D eigenvalue weighted by molar-refractivity contribution is 0.0793. The number of rotatable bonds is 4. The van der Waals surface area contributed by atoms with Crippen LogP contribution in [-0.4, -0.2) is 78.9 Å². The molecule has 0 radical (unpaired) electrons. The average Bonchev–Trinajstić information content (AvgIpc) is 3.44. The monoisotopic (exact) mass is 461 g/mol. The van der Waals surface area contributed by atoms with Crippen molar-refractivity contribution >= 4 is 27.6 Å². The van der Waals surface area contributed by atoms with Crippen LogP contribution in [0.4, 0.5) is 10.5 Å². The standard InChI is InChI=1S/C21H27N5O5S/c1-15-19(16(2)31-23-15)32(29,30)26-13-11-25(12-14-26)21(28)22-18-7-5-17(6-8-18)20(27)24-9-3-4-10-24/h5-8H,3-4,9-14H2,1-2H3,(H,22,28). The Morgan fingerprint density at radius 3 is 2.12 bits per heavy atom. The molecule has 2 fully saturated rings. The first-order chi connectivity index (χ1) is 15.3. The maximum Gasteiger partial charge on any atom is 0.321 e. The van der Waals surface area contributed by atoms with Crippen molar-refractivity contribution in [3.05, 3.63) is 41.3 Å². The molecule has 2 aliphatic heterocycles. The predicted octanol–water partition coefficient (Wildman–Crippen LogP) is 2.07. The predicted molar refractivity (Wildman–Crippen MR) is 117 cm³/mol. The normalized spacial score (nSPS) is 17.6. The number of hydrogen-bond acceptors (Lipinski definition) is 6. The number of aryl methyl sites for hydroxylation is 2. The van der Waals surface area contributed by atoms with Gasteiger partial charge in [-0.25, -0.2) is 13.2 Å². The molecule has 10 nitrogen and oxygen atoms in total. The fourth-order valence-corrected chi connectivity index (χ4v) is 5.82. The quantitative estimate of drug-likeness (QED) is 0.745. The lowest BCUT2D eigenvalue weighted by atomic mass is 10.2. The van der Waals surface area contributed by atoms with E-state index in [-0.39, 0.29) is 48.8 Å². The summed E-state index contributed by atoms with van der Waals surface area (Å²) in [5.41, 5.74) is 1.51. The Kier molecular flexibility index (Phi) is 6.20. The van der Waals surface area contributed by atoms with E-state index in [1.54, 1.807) is 43.0 Å². The molecule has 0 bridgehead atoms. The van der Waals surface area contributed by atoms with Gasteiger partial charge in [0.05, 0.1) is 0 Å². The van der Waals surface area contributed by atoms with Crippen LogP contribution >= 0.6 is 0 Å². The van der Waals surface area contributed by atoms with Crippen molar-refractivity contribution in [1.29, 1.82) is 0 Å². The summed E-state index contributed by atoms with van der Waals surface area (Å²) in [6.45, 7) is 5.63. The van der Waals surface area contributed by atoms with Crippen LogP contribution in [0.25, 0.3) is 0 Å². The molecule has 0 saturated carbocycles. The largest absolute Gasteiger partial charge is 0.360 e. The lowest BCUT2D eigenvalue weighted by Crippen LogP contribution is -2.51. The Balaban J connectivity index is 1.33. The number of piperazine rings is 1. The van der Waals surface area contributed by atoms with E-state index in [1.165, 1.54) is 4.31 Å².